The number of hydrogen-bond acceptors (Lipinski definition) is 5. The van der Waals surface area contributed by atoms with E-state index in [0.717, 1.165) is 41.4 Å². The lowest BCUT2D eigenvalue weighted by molar-refractivity contribution is -0.130. The topological polar surface area (TPSA) is 86.6 Å². The number of benzodiazepines with no additional fused rings is 1. The van der Waals surface area contributed by atoms with Gasteiger partial charge in [-0.3, -0.25) is 14.8 Å². The number of para-hydroxylation sites is 1. The molecule has 0 saturated heterocycles. The summed E-state index contributed by atoms with van der Waals surface area (Å²) in [6, 6.07) is 13.8. The molecule has 1 aliphatic heterocycles. The van der Waals surface area contributed by atoms with Crippen molar-refractivity contribution in [3.63, 3.8) is 0 Å². The van der Waals surface area contributed by atoms with Crippen LogP contribution in [0.1, 0.15) is 69.0 Å². The Bertz CT molecular complexity index is 998. The van der Waals surface area contributed by atoms with Crippen molar-refractivity contribution in [3.05, 3.63) is 59.9 Å². The van der Waals surface area contributed by atoms with E-state index in [1.165, 1.54) is 38.5 Å². The Morgan fingerprint density at radius 1 is 1.06 bits per heavy atom. The first kappa shape index (κ1) is 23.0. The first-order chi connectivity index (χ1) is 16.7. The Hall–Kier alpha value is -2.73. The molecule has 2 saturated carbocycles. The van der Waals surface area contributed by atoms with Gasteiger partial charge < -0.3 is 15.7 Å². The lowest BCUT2D eigenvalue weighted by Crippen LogP contribution is -2.45. The van der Waals surface area contributed by atoms with Crippen LogP contribution in [0.25, 0.3) is 0 Å². The molecule has 180 valence electrons. The van der Waals surface area contributed by atoms with Gasteiger partial charge in [-0.2, -0.15) is 0 Å². The van der Waals surface area contributed by atoms with Gasteiger partial charge in [0.1, 0.15) is 6.17 Å². The maximum Gasteiger partial charge on any atom is 0.227 e. The second-order valence-electron chi connectivity index (χ2n) is 10.2. The molecule has 2 fully saturated rings. The Morgan fingerprint density at radius 3 is 2.62 bits per heavy atom. The van der Waals surface area contributed by atoms with Gasteiger partial charge in [-0.1, -0.05) is 62.8 Å². The molecule has 0 bridgehead atoms. The first-order valence-electron chi connectivity index (χ1n) is 13.0. The Balaban J connectivity index is 1.32. The average Bonchev–Trinajstić information content (AvgIpc) is 3.58. The van der Waals surface area contributed by atoms with Crippen molar-refractivity contribution >= 4 is 17.3 Å². The summed E-state index contributed by atoms with van der Waals surface area (Å²) in [4.78, 5) is 22.9. The number of carbonyl (C=O) groups is 1. The van der Waals surface area contributed by atoms with Crippen LogP contribution in [0.15, 0.2) is 53.7 Å². The number of aliphatic imine (C=N–C) groups is 1. The molecule has 3 atom stereocenters. The summed E-state index contributed by atoms with van der Waals surface area (Å²) in [7, 11) is 0. The van der Waals surface area contributed by atoms with Crippen molar-refractivity contribution in [2.45, 2.75) is 70.1 Å². The zero-order chi connectivity index (χ0) is 23.3. The molecule has 2 aliphatic carbocycles. The molecule has 3 N–H and O–H groups in total. The van der Waals surface area contributed by atoms with Crippen LogP contribution in [0.3, 0.4) is 0 Å². The highest BCUT2D eigenvalue weighted by atomic mass is 16.3. The van der Waals surface area contributed by atoms with Crippen LogP contribution in [0.2, 0.25) is 0 Å². The minimum Gasteiger partial charge on any atom is -0.392 e. The van der Waals surface area contributed by atoms with Gasteiger partial charge in [-0.15, -0.1) is 0 Å². The minimum atomic E-state index is -0.587. The highest BCUT2D eigenvalue weighted by molar-refractivity contribution is 6.15. The largest absolute Gasteiger partial charge is 0.392 e. The summed E-state index contributed by atoms with van der Waals surface area (Å²) in [6.45, 7) is 0.493. The molecule has 3 aliphatic rings. The lowest BCUT2D eigenvalue weighted by atomic mass is 9.89. The van der Waals surface area contributed by atoms with E-state index in [9.17, 15) is 9.90 Å². The highest BCUT2D eigenvalue weighted by Crippen LogP contribution is 2.38. The van der Waals surface area contributed by atoms with E-state index in [-0.39, 0.29) is 11.8 Å². The second-order valence-corrected chi connectivity index (χ2v) is 10.2. The molecule has 6 nitrogen and oxygen atoms in total. The number of hydrogen-bond donors (Lipinski definition) is 3. The van der Waals surface area contributed by atoms with Gasteiger partial charge in [0.05, 0.1) is 30.0 Å². The molecule has 1 aromatic heterocycles. The average molecular weight is 461 g/mol. The molecule has 3 unspecified atom stereocenters. The lowest BCUT2D eigenvalue weighted by Gasteiger charge is -2.25. The van der Waals surface area contributed by atoms with Gasteiger partial charge in [-0.25, -0.2) is 0 Å². The van der Waals surface area contributed by atoms with Gasteiger partial charge >= 0.3 is 0 Å². The Morgan fingerprint density at radius 2 is 1.85 bits per heavy atom. The summed E-state index contributed by atoms with van der Waals surface area (Å²) in [6.07, 6.45) is 10.7. The van der Waals surface area contributed by atoms with E-state index in [1.54, 1.807) is 6.20 Å². The fourth-order valence-corrected chi connectivity index (χ4v) is 5.44. The smallest absolute Gasteiger partial charge is 0.227 e. The molecule has 5 rings (SSSR count). The van der Waals surface area contributed by atoms with Crippen LogP contribution in [0, 0.1) is 17.8 Å². The molecule has 2 aromatic rings. The standard InChI is InChI=1S/C28H36N4O2/c33-25(15-14-19-7-1-2-8-19)22(17-20-12-13-20)28(34)32-26-18-30-23-10-4-3-9-21(23)27(31-26)24-11-5-6-16-29-24/h3-6,9-11,16,19-20,22,25-26,30,33H,1-2,7-8,12-15,17-18H2,(H,32,34). The highest BCUT2D eigenvalue weighted by Gasteiger charge is 2.35. The summed E-state index contributed by atoms with van der Waals surface area (Å²) < 4.78 is 0. The van der Waals surface area contributed by atoms with Crippen molar-refractivity contribution in [2.24, 2.45) is 22.7 Å². The van der Waals surface area contributed by atoms with E-state index < -0.39 is 12.3 Å². The number of rotatable bonds is 9. The van der Waals surface area contributed by atoms with Gasteiger partial charge in [0.25, 0.3) is 0 Å². The first-order valence-corrected chi connectivity index (χ1v) is 13.0. The van der Waals surface area contributed by atoms with Gasteiger partial charge in [0.15, 0.2) is 0 Å². The number of benzene rings is 1. The third-order valence-corrected chi connectivity index (χ3v) is 7.60. The zero-order valence-corrected chi connectivity index (χ0v) is 19.8. The summed E-state index contributed by atoms with van der Waals surface area (Å²) in [5.74, 6) is 0.844. The molecule has 34 heavy (non-hydrogen) atoms. The van der Waals surface area contributed by atoms with Crippen molar-refractivity contribution in [2.75, 3.05) is 11.9 Å². The van der Waals surface area contributed by atoms with Crippen LogP contribution < -0.4 is 10.6 Å². The van der Waals surface area contributed by atoms with E-state index in [4.69, 9.17) is 4.99 Å². The number of carbonyl (C=O) groups excluding carboxylic acids is 1. The predicted octanol–water partition coefficient (Wildman–Crippen LogP) is 4.53. The fraction of sp³-hybridized carbons (Fsp3) is 0.536. The van der Waals surface area contributed by atoms with Gasteiger partial charge in [0, 0.05) is 17.4 Å². The van der Waals surface area contributed by atoms with Crippen molar-refractivity contribution in [1.82, 2.24) is 10.3 Å². The number of amides is 1. The number of anilines is 1. The normalized spacial score (nSPS) is 22.1. The Labute approximate surface area is 202 Å². The van der Waals surface area contributed by atoms with E-state index in [2.05, 4.69) is 15.6 Å². The van der Waals surface area contributed by atoms with Crippen molar-refractivity contribution in [1.29, 1.82) is 0 Å². The maximum atomic E-state index is 13.5. The van der Waals surface area contributed by atoms with Crippen LogP contribution >= 0.6 is 0 Å². The number of aromatic nitrogens is 1. The second kappa shape index (κ2) is 10.7. The van der Waals surface area contributed by atoms with Crippen LogP contribution in [-0.4, -0.2) is 40.5 Å². The number of pyridine rings is 1. The van der Waals surface area contributed by atoms with Crippen molar-refractivity contribution in [3.8, 4) is 0 Å². The SMILES string of the molecule is O=C(NC1CNc2ccccc2C(c2ccccn2)=N1)C(CC1CC1)C(O)CCC1CCCC1. The fourth-order valence-electron chi connectivity index (χ4n) is 5.44. The molecule has 2 heterocycles. The molecule has 0 spiro atoms. The monoisotopic (exact) mass is 460 g/mol. The maximum absolute atomic E-state index is 13.5. The molecule has 1 amide bonds. The predicted molar refractivity (Wildman–Crippen MR) is 135 cm³/mol. The number of nitrogens with zero attached hydrogens (tertiary/aromatic N) is 2. The van der Waals surface area contributed by atoms with E-state index in [1.807, 2.05) is 42.5 Å². The quantitative estimate of drug-likeness (QED) is 0.513. The summed E-state index contributed by atoms with van der Waals surface area (Å²) >= 11 is 0. The Kier molecular flexibility index (Phi) is 7.24. The van der Waals surface area contributed by atoms with Crippen LogP contribution in [0.5, 0.6) is 0 Å². The van der Waals surface area contributed by atoms with Crippen LogP contribution in [0.4, 0.5) is 5.69 Å². The summed E-state index contributed by atoms with van der Waals surface area (Å²) in [5.41, 5.74) is 3.51. The number of fused-ring (bicyclic) bond motifs is 1. The third kappa shape index (κ3) is 5.66. The molecule has 1 aromatic carbocycles. The minimum absolute atomic E-state index is 0.0762. The number of nitrogens with one attached hydrogen (secondary N) is 2. The number of aliphatic hydroxyl groups excluding tert-OH is 1. The molecule has 0 radical (unpaired) electrons. The molecular weight excluding hydrogens is 424 g/mol. The number of aliphatic hydroxyl groups is 1. The van der Waals surface area contributed by atoms with Crippen LogP contribution in [-0.2, 0) is 4.79 Å². The molecular formula is C28H36N4O2. The van der Waals surface area contributed by atoms with E-state index >= 15 is 0 Å². The van der Waals surface area contributed by atoms with E-state index in [0.29, 0.717) is 18.9 Å². The third-order valence-electron chi connectivity index (χ3n) is 7.60. The molecule has 6 heteroatoms. The van der Waals surface area contributed by atoms with Crippen molar-refractivity contribution < 1.29 is 9.90 Å². The van der Waals surface area contributed by atoms with Gasteiger partial charge in [-0.05, 0) is 49.3 Å². The summed E-state index contributed by atoms with van der Waals surface area (Å²) in [5, 5.41) is 17.7. The van der Waals surface area contributed by atoms with Gasteiger partial charge in [0.2, 0.25) is 5.91 Å². The zero-order valence-electron chi connectivity index (χ0n) is 19.8.